The van der Waals surface area contributed by atoms with E-state index in [2.05, 4.69) is 43.8 Å². The Bertz CT molecular complexity index is 945. The highest BCUT2D eigenvalue weighted by molar-refractivity contribution is 5.93. The summed E-state index contributed by atoms with van der Waals surface area (Å²) in [6.45, 7) is 4.43. The second-order valence-electron chi connectivity index (χ2n) is 8.78. The van der Waals surface area contributed by atoms with Gasteiger partial charge in [0.05, 0.1) is 5.56 Å². The molecule has 0 radical (unpaired) electrons. The highest BCUT2D eigenvalue weighted by Gasteiger charge is 2.58. The van der Waals surface area contributed by atoms with Crippen LogP contribution < -0.4 is 0 Å². The third-order valence-electron chi connectivity index (χ3n) is 7.01. The molecular formula is C23H28N6O2. The Morgan fingerprint density at radius 3 is 2.48 bits per heavy atom. The van der Waals surface area contributed by atoms with Gasteiger partial charge in [-0.3, -0.25) is 14.5 Å². The average Bonchev–Trinajstić information content (AvgIpc) is 3.02. The van der Waals surface area contributed by atoms with Gasteiger partial charge in [0.25, 0.3) is 5.91 Å². The number of amides is 2. The molecule has 1 aromatic heterocycles. The fourth-order valence-electron chi connectivity index (χ4n) is 5.38. The molecule has 2 amide bonds. The van der Waals surface area contributed by atoms with Gasteiger partial charge in [0.1, 0.15) is 18.0 Å². The number of aromatic nitrogens is 2. The summed E-state index contributed by atoms with van der Waals surface area (Å²) in [7, 11) is 2.08. The Morgan fingerprint density at radius 2 is 1.77 bits per heavy atom. The van der Waals surface area contributed by atoms with Crippen molar-refractivity contribution in [2.45, 2.75) is 31.1 Å². The number of likely N-dealkylation sites (tertiary alicyclic amines) is 1. The van der Waals surface area contributed by atoms with Gasteiger partial charge in [-0.2, -0.15) is 0 Å². The van der Waals surface area contributed by atoms with Crippen LogP contribution >= 0.6 is 0 Å². The zero-order valence-corrected chi connectivity index (χ0v) is 17.9. The van der Waals surface area contributed by atoms with E-state index in [0.717, 1.165) is 38.0 Å². The molecule has 4 heterocycles. The number of fused-ring (bicyclic) bond motifs is 2. The molecule has 2 aromatic rings. The number of benzene rings is 1. The summed E-state index contributed by atoms with van der Waals surface area (Å²) >= 11 is 0. The number of carbonyl (C=O) groups is 2. The van der Waals surface area contributed by atoms with Crippen LogP contribution in [0.4, 0.5) is 0 Å². The van der Waals surface area contributed by atoms with E-state index in [9.17, 15) is 9.59 Å². The molecule has 162 valence electrons. The first kappa shape index (κ1) is 20.1. The second kappa shape index (κ2) is 8.01. The number of likely N-dealkylation sites (N-methyl/N-ethyl adjacent to an activating group) is 1. The molecule has 0 unspecified atom stereocenters. The standard InChI is InChI=1S/C23H28N6O2/c1-26-11-12-28-20(16-26)22(31)29(15-18-5-3-2-4-6-18)23(28)7-9-27(10-8-23)21(30)19-13-24-17-25-14-19/h2-6,13-14,17,20H,7-12,15-16H2,1H3/t20-/m1/s1. The summed E-state index contributed by atoms with van der Waals surface area (Å²) in [6, 6.07) is 10.1. The van der Waals surface area contributed by atoms with E-state index in [4.69, 9.17) is 0 Å². The predicted molar refractivity (Wildman–Crippen MR) is 115 cm³/mol. The Hall–Kier alpha value is -2.84. The molecule has 3 fully saturated rings. The molecule has 1 aromatic carbocycles. The highest BCUT2D eigenvalue weighted by atomic mass is 16.2. The lowest BCUT2D eigenvalue weighted by atomic mass is 9.92. The summed E-state index contributed by atoms with van der Waals surface area (Å²) in [4.78, 5) is 43.1. The van der Waals surface area contributed by atoms with Gasteiger partial charge in [-0.1, -0.05) is 30.3 Å². The summed E-state index contributed by atoms with van der Waals surface area (Å²) < 4.78 is 0. The lowest BCUT2D eigenvalue weighted by Gasteiger charge is -2.50. The minimum Gasteiger partial charge on any atom is -0.338 e. The van der Waals surface area contributed by atoms with Crippen molar-refractivity contribution in [2.24, 2.45) is 0 Å². The maximum atomic E-state index is 13.6. The number of carbonyl (C=O) groups excluding carboxylic acids is 2. The predicted octanol–water partition coefficient (Wildman–Crippen LogP) is 1.07. The number of hydrogen-bond donors (Lipinski definition) is 0. The van der Waals surface area contributed by atoms with Crippen molar-refractivity contribution in [3.8, 4) is 0 Å². The van der Waals surface area contributed by atoms with E-state index in [1.54, 1.807) is 12.4 Å². The first-order chi connectivity index (χ1) is 15.1. The smallest absolute Gasteiger partial charge is 0.256 e. The molecule has 3 aliphatic heterocycles. The van der Waals surface area contributed by atoms with Gasteiger partial charge in [0.15, 0.2) is 0 Å². The van der Waals surface area contributed by atoms with Gasteiger partial charge >= 0.3 is 0 Å². The number of rotatable bonds is 3. The zero-order chi connectivity index (χ0) is 21.4. The first-order valence-corrected chi connectivity index (χ1v) is 10.9. The van der Waals surface area contributed by atoms with Crippen LogP contribution in [0.1, 0.15) is 28.8 Å². The lowest BCUT2D eigenvalue weighted by molar-refractivity contribution is -0.134. The molecule has 31 heavy (non-hydrogen) atoms. The monoisotopic (exact) mass is 420 g/mol. The molecule has 8 nitrogen and oxygen atoms in total. The van der Waals surface area contributed by atoms with E-state index >= 15 is 0 Å². The van der Waals surface area contributed by atoms with Crippen molar-refractivity contribution < 1.29 is 9.59 Å². The fraction of sp³-hybridized carbons (Fsp3) is 0.478. The van der Waals surface area contributed by atoms with Gasteiger partial charge < -0.3 is 14.7 Å². The molecule has 0 saturated carbocycles. The SMILES string of the molecule is CN1CCN2[C@H](C1)C(=O)N(Cc1ccccc1)C21CCN(C(=O)c2cncnc2)CC1. The van der Waals surface area contributed by atoms with Crippen LogP contribution in [0, 0.1) is 0 Å². The van der Waals surface area contributed by atoms with Gasteiger partial charge in [-0.05, 0) is 12.6 Å². The fourth-order valence-corrected chi connectivity index (χ4v) is 5.38. The Labute approximate surface area is 182 Å². The lowest BCUT2D eigenvalue weighted by Crippen LogP contribution is -2.63. The molecule has 8 heteroatoms. The van der Waals surface area contributed by atoms with Crippen LogP contribution in [0.3, 0.4) is 0 Å². The first-order valence-electron chi connectivity index (χ1n) is 10.9. The second-order valence-corrected chi connectivity index (χ2v) is 8.78. The summed E-state index contributed by atoms with van der Waals surface area (Å²) in [6.07, 6.45) is 6.07. The average molecular weight is 421 g/mol. The molecule has 1 atom stereocenters. The van der Waals surface area contributed by atoms with Gasteiger partial charge in [0, 0.05) is 64.5 Å². The molecular weight excluding hydrogens is 392 g/mol. The van der Waals surface area contributed by atoms with Crippen LogP contribution in [-0.2, 0) is 11.3 Å². The van der Waals surface area contributed by atoms with Crippen molar-refractivity contribution in [3.05, 3.63) is 60.2 Å². The van der Waals surface area contributed by atoms with Crippen molar-refractivity contribution in [1.82, 2.24) is 29.6 Å². The number of piperidine rings is 1. The summed E-state index contributed by atoms with van der Waals surface area (Å²) in [5.41, 5.74) is 1.32. The molecule has 5 rings (SSSR count). The molecule has 3 saturated heterocycles. The van der Waals surface area contributed by atoms with Crippen molar-refractivity contribution in [3.63, 3.8) is 0 Å². The quantitative estimate of drug-likeness (QED) is 0.740. The van der Waals surface area contributed by atoms with E-state index in [0.29, 0.717) is 25.2 Å². The van der Waals surface area contributed by atoms with Crippen molar-refractivity contribution in [1.29, 1.82) is 0 Å². The summed E-state index contributed by atoms with van der Waals surface area (Å²) in [5.74, 6) is 0.177. The highest BCUT2D eigenvalue weighted by Crippen LogP contribution is 2.42. The van der Waals surface area contributed by atoms with E-state index < -0.39 is 0 Å². The number of hydrogen-bond acceptors (Lipinski definition) is 6. The van der Waals surface area contributed by atoms with Crippen molar-refractivity contribution >= 4 is 11.8 Å². The number of piperazine rings is 1. The summed E-state index contributed by atoms with van der Waals surface area (Å²) in [5, 5.41) is 0. The van der Waals surface area contributed by atoms with Gasteiger partial charge in [0.2, 0.25) is 5.91 Å². The Kier molecular flexibility index (Phi) is 5.19. The molecule has 3 aliphatic rings. The zero-order valence-electron chi connectivity index (χ0n) is 17.9. The van der Waals surface area contributed by atoms with Crippen LogP contribution in [0.15, 0.2) is 49.1 Å². The molecule has 1 spiro atoms. The molecule has 0 aliphatic carbocycles. The van der Waals surface area contributed by atoms with E-state index in [-0.39, 0.29) is 23.5 Å². The van der Waals surface area contributed by atoms with E-state index in [1.807, 2.05) is 23.1 Å². The minimum atomic E-state index is -0.331. The van der Waals surface area contributed by atoms with Gasteiger partial charge in [-0.25, -0.2) is 9.97 Å². The van der Waals surface area contributed by atoms with Crippen LogP contribution in [0.5, 0.6) is 0 Å². The van der Waals surface area contributed by atoms with Crippen molar-refractivity contribution in [2.75, 3.05) is 39.8 Å². The topological polar surface area (TPSA) is 72.9 Å². The number of nitrogens with zero attached hydrogens (tertiary/aromatic N) is 6. The third kappa shape index (κ3) is 3.49. The maximum absolute atomic E-state index is 13.6. The van der Waals surface area contributed by atoms with Gasteiger partial charge in [-0.15, -0.1) is 0 Å². The minimum absolute atomic E-state index is 0.0377. The maximum Gasteiger partial charge on any atom is 0.256 e. The third-order valence-corrected chi connectivity index (χ3v) is 7.01. The normalized spacial score (nSPS) is 23.9. The van der Waals surface area contributed by atoms with Crippen LogP contribution in [-0.4, -0.2) is 92.9 Å². The van der Waals surface area contributed by atoms with E-state index in [1.165, 1.54) is 6.33 Å². The van der Waals surface area contributed by atoms with Crippen LogP contribution in [0.25, 0.3) is 0 Å². The molecule has 0 bridgehead atoms. The Balaban J connectivity index is 1.41. The molecule has 0 N–H and O–H groups in total. The Morgan fingerprint density at radius 1 is 1.06 bits per heavy atom. The largest absolute Gasteiger partial charge is 0.338 e. The van der Waals surface area contributed by atoms with Crippen LogP contribution in [0.2, 0.25) is 0 Å².